The Balaban J connectivity index is 1.84. The van der Waals surface area contributed by atoms with E-state index in [9.17, 15) is 23.1 Å². The number of aliphatic hydroxyl groups excluding tert-OH is 1. The predicted octanol–water partition coefficient (Wildman–Crippen LogP) is 2.67. The first-order chi connectivity index (χ1) is 14.5. The molecule has 0 saturated heterocycles. The van der Waals surface area contributed by atoms with Crippen LogP contribution in [0.1, 0.15) is 20.7 Å². The van der Waals surface area contributed by atoms with Gasteiger partial charge in [-0.05, 0) is 36.4 Å². The molecular weight excluding hydrogens is 404 g/mol. The SMILES string of the molecule is O=C1c2ccccc2C(=O)N1c1ccccc1S(=O)(=O)N(CCO)c1ccccc1. The minimum atomic E-state index is -4.19. The number of hydrogen-bond donors (Lipinski definition) is 1. The first-order valence-corrected chi connectivity index (χ1v) is 10.7. The Morgan fingerprint density at radius 3 is 1.90 bits per heavy atom. The zero-order chi connectivity index (χ0) is 21.3. The van der Waals surface area contributed by atoms with E-state index in [0.717, 1.165) is 9.21 Å². The van der Waals surface area contributed by atoms with Crippen molar-refractivity contribution in [2.45, 2.75) is 4.90 Å². The summed E-state index contributed by atoms with van der Waals surface area (Å²) >= 11 is 0. The molecule has 0 atom stereocenters. The maximum absolute atomic E-state index is 13.6. The molecule has 0 spiro atoms. The van der Waals surface area contributed by atoms with Gasteiger partial charge >= 0.3 is 0 Å². The number of hydrogen-bond acceptors (Lipinski definition) is 5. The lowest BCUT2D eigenvalue weighted by molar-refractivity contribution is 0.0925. The van der Waals surface area contributed by atoms with E-state index in [0.29, 0.717) is 5.69 Å². The van der Waals surface area contributed by atoms with E-state index < -0.39 is 28.4 Å². The van der Waals surface area contributed by atoms with E-state index in [-0.39, 0.29) is 28.3 Å². The molecule has 30 heavy (non-hydrogen) atoms. The molecule has 1 heterocycles. The molecule has 1 aliphatic heterocycles. The van der Waals surface area contributed by atoms with Gasteiger partial charge in [-0.1, -0.05) is 42.5 Å². The van der Waals surface area contributed by atoms with Gasteiger partial charge < -0.3 is 5.11 Å². The van der Waals surface area contributed by atoms with Crippen molar-refractivity contribution in [2.75, 3.05) is 22.4 Å². The summed E-state index contributed by atoms with van der Waals surface area (Å²) in [5.41, 5.74) is 0.793. The average Bonchev–Trinajstić information content (AvgIpc) is 3.03. The molecule has 3 aromatic rings. The number of anilines is 2. The summed E-state index contributed by atoms with van der Waals surface area (Å²) in [6, 6.07) is 20.6. The van der Waals surface area contributed by atoms with Gasteiger partial charge in [-0.25, -0.2) is 13.3 Å². The summed E-state index contributed by atoms with van der Waals surface area (Å²) in [5, 5.41) is 9.47. The molecule has 4 rings (SSSR count). The molecule has 0 radical (unpaired) electrons. The second-order valence-electron chi connectivity index (χ2n) is 6.60. The number of benzene rings is 3. The van der Waals surface area contributed by atoms with Crippen molar-refractivity contribution >= 4 is 33.2 Å². The van der Waals surface area contributed by atoms with Crippen molar-refractivity contribution in [3.63, 3.8) is 0 Å². The zero-order valence-electron chi connectivity index (χ0n) is 15.8. The Kier molecular flexibility index (Phi) is 5.11. The predicted molar refractivity (Wildman–Crippen MR) is 112 cm³/mol. The smallest absolute Gasteiger partial charge is 0.266 e. The van der Waals surface area contributed by atoms with E-state index in [1.807, 2.05) is 0 Å². The Morgan fingerprint density at radius 2 is 1.30 bits per heavy atom. The van der Waals surface area contributed by atoms with Gasteiger partial charge in [0.1, 0.15) is 4.90 Å². The van der Waals surface area contributed by atoms with Crippen molar-refractivity contribution in [3.05, 3.63) is 90.0 Å². The quantitative estimate of drug-likeness (QED) is 0.617. The number of nitrogens with zero attached hydrogens (tertiary/aromatic N) is 2. The topological polar surface area (TPSA) is 95.0 Å². The van der Waals surface area contributed by atoms with Crippen LogP contribution in [0.2, 0.25) is 0 Å². The number of sulfonamides is 1. The number of rotatable bonds is 6. The second-order valence-corrected chi connectivity index (χ2v) is 8.43. The summed E-state index contributed by atoms with van der Waals surface area (Å²) in [5.74, 6) is -1.15. The van der Waals surface area contributed by atoms with Crippen LogP contribution in [0.4, 0.5) is 11.4 Å². The highest BCUT2D eigenvalue weighted by atomic mass is 32.2. The Labute approximate surface area is 173 Å². The van der Waals surface area contributed by atoms with Gasteiger partial charge in [-0.3, -0.25) is 13.9 Å². The van der Waals surface area contributed by atoms with Crippen LogP contribution in [0.15, 0.2) is 83.8 Å². The molecule has 8 heteroatoms. The van der Waals surface area contributed by atoms with Crippen molar-refractivity contribution in [1.82, 2.24) is 0 Å². The van der Waals surface area contributed by atoms with Gasteiger partial charge in [0.25, 0.3) is 21.8 Å². The molecule has 3 aromatic carbocycles. The van der Waals surface area contributed by atoms with Crippen molar-refractivity contribution < 1.29 is 23.1 Å². The normalized spacial score (nSPS) is 13.4. The number of carbonyl (C=O) groups is 2. The van der Waals surface area contributed by atoms with Gasteiger partial charge in [-0.2, -0.15) is 0 Å². The van der Waals surface area contributed by atoms with Crippen molar-refractivity contribution in [2.24, 2.45) is 0 Å². The number of aliphatic hydroxyl groups is 1. The maximum Gasteiger partial charge on any atom is 0.266 e. The lowest BCUT2D eigenvalue weighted by Crippen LogP contribution is -2.36. The molecule has 0 bridgehead atoms. The molecule has 152 valence electrons. The van der Waals surface area contributed by atoms with Gasteiger partial charge in [-0.15, -0.1) is 0 Å². The fourth-order valence-corrected chi connectivity index (χ4v) is 5.09. The van der Waals surface area contributed by atoms with Gasteiger partial charge in [0.05, 0.1) is 35.7 Å². The van der Waals surface area contributed by atoms with Crippen LogP contribution in [-0.4, -0.2) is 38.5 Å². The summed E-state index contributed by atoms with van der Waals surface area (Å²) in [4.78, 5) is 26.5. The average molecular weight is 422 g/mol. The van der Waals surface area contributed by atoms with E-state index in [1.165, 1.54) is 30.3 Å². The van der Waals surface area contributed by atoms with Crippen LogP contribution < -0.4 is 9.21 Å². The highest BCUT2D eigenvalue weighted by Crippen LogP contribution is 2.35. The third-order valence-electron chi connectivity index (χ3n) is 4.82. The molecule has 7 nitrogen and oxygen atoms in total. The third-order valence-corrected chi connectivity index (χ3v) is 6.69. The number of amides is 2. The summed E-state index contributed by atoms with van der Waals surface area (Å²) < 4.78 is 28.2. The number of carbonyl (C=O) groups excluding carboxylic acids is 2. The first-order valence-electron chi connectivity index (χ1n) is 9.22. The lowest BCUT2D eigenvalue weighted by atomic mass is 10.1. The maximum atomic E-state index is 13.6. The van der Waals surface area contributed by atoms with E-state index in [2.05, 4.69) is 0 Å². The molecule has 1 aliphatic rings. The minimum absolute atomic E-state index is 0.0254. The highest BCUT2D eigenvalue weighted by Gasteiger charge is 2.39. The van der Waals surface area contributed by atoms with Crippen LogP contribution in [0.25, 0.3) is 0 Å². The second kappa shape index (κ2) is 7.74. The van der Waals surface area contributed by atoms with Gasteiger partial charge in [0.2, 0.25) is 0 Å². The number of imide groups is 1. The summed E-state index contributed by atoms with van der Waals surface area (Å²) in [6.45, 7) is -0.577. The molecule has 2 amide bonds. The molecule has 0 unspecified atom stereocenters. The summed E-state index contributed by atoms with van der Waals surface area (Å²) in [6.07, 6.45) is 0. The molecule has 0 saturated carbocycles. The van der Waals surface area contributed by atoms with E-state index in [4.69, 9.17) is 0 Å². The van der Waals surface area contributed by atoms with Crippen molar-refractivity contribution in [3.8, 4) is 0 Å². The van der Waals surface area contributed by atoms with Gasteiger partial charge in [0, 0.05) is 0 Å². The molecule has 1 N–H and O–H groups in total. The number of para-hydroxylation sites is 2. The van der Waals surface area contributed by atoms with Crippen molar-refractivity contribution in [1.29, 1.82) is 0 Å². The molecular formula is C22H18N2O5S. The monoisotopic (exact) mass is 422 g/mol. The third kappa shape index (κ3) is 3.16. The van der Waals surface area contributed by atoms with Gasteiger partial charge in [0.15, 0.2) is 0 Å². The zero-order valence-corrected chi connectivity index (χ0v) is 16.6. The van der Waals surface area contributed by atoms with Crippen LogP contribution >= 0.6 is 0 Å². The first kappa shape index (κ1) is 19.8. The van der Waals surface area contributed by atoms with Crippen LogP contribution in [0.3, 0.4) is 0 Å². The van der Waals surface area contributed by atoms with Crippen LogP contribution in [0.5, 0.6) is 0 Å². The molecule has 0 fully saturated rings. The summed E-state index contributed by atoms with van der Waals surface area (Å²) in [7, 11) is -4.19. The van der Waals surface area contributed by atoms with Crippen LogP contribution in [0, 0.1) is 0 Å². The Hall–Kier alpha value is -3.49. The number of fused-ring (bicyclic) bond motifs is 1. The Bertz CT molecular complexity index is 1190. The van der Waals surface area contributed by atoms with E-state index >= 15 is 0 Å². The minimum Gasteiger partial charge on any atom is -0.394 e. The fraction of sp³-hybridized carbons (Fsp3) is 0.0909. The van der Waals surface area contributed by atoms with E-state index in [1.54, 1.807) is 48.5 Å². The lowest BCUT2D eigenvalue weighted by Gasteiger charge is -2.26. The molecule has 0 aromatic heterocycles. The standard InChI is InChI=1S/C22H18N2O5S/c25-15-14-23(16-8-2-1-3-9-16)30(28,29)20-13-7-6-12-19(20)24-21(26)17-10-4-5-11-18(17)22(24)27/h1-13,25H,14-15H2. The Morgan fingerprint density at radius 1 is 0.767 bits per heavy atom. The fourth-order valence-electron chi connectivity index (χ4n) is 3.46. The molecule has 0 aliphatic carbocycles. The largest absolute Gasteiger partial charge is 0.394 e. The van der Waals surface area contributed by atoms with Crippen LogP contribution in [-0.2, 0) is 10.0 Å². The highest BCUT2D eigenvalue weighted by molar-refractivity contribution is 7.93.